The summed E-state index contributed by atoms with van der Waals surface area (Å²) in [6.07, 6.45) is 2.12. The molecule has 116 valence electrons. The third kappa shape index (κ3) is 3.05. The first-order chi connectivity index (χ1) is 10.7. The molecule has 0 radical (unpaired) electrons. The smallest absolute Gasteiger partial charge is 0.264 e. The van der Waals surface area contributed by atoms with E-state index in [2.05, 4.69) is 5.32 Å². The van der Waals surface area contributed by atoms with Gasteiger partial charge < -0.3 is 10.2 Å². The van der Waals surface area contributed by atoms with Crippen LogP contribution in [0, 0.1) is 5.82 Å². The first-order valence-corrected chi connectivity index (χ1v) is 8.32. The fraction of sp³-hybridized carbons (Fsp3) is 0.353. The predicted molar refractivity (Wildman–Crippen MR) is 87.7 cm³/mol. The highest BCUT2D eigenvalue weighted by Gasteiger charge is 2.29. The summed E-state index contributed by atoms with van der Waals surface area (Å²) in [4.78, 5) is 16.4. The molecule has 1 aromatic carbocycles. The summed E-state index contributed by atoms with van der Waals surface area (Å²) >= 11 is 1.47. The molecule has 1 aromatic heterocycles. The van der Waals surface area contributed by atoms with Gasteiger partial charge in [-0.1, -0.05) is 12.1 Å². The summed E-state index contributed by atoms with van der Waals surface area (Å²) in [6.45, 7) is 1.66. The topological polar surface area (TPSA) is 32.3 Å². The zero-order valence-electron chi connectivity index (χ0n) is 12.5. The summed E-state index contributed by atoms with van der Waals surface area (Å²) in [7, 11) is 1.92. The number of hydrogen-bond acceptors (Lipinski definition) is 3. The van der Waals surface area contributed by atoms with Crippen molar-refractivity contribution in [3.05, 3.63) is 47.1 Å². The summed E-state index contributed by atoms with van der Waals surface area (Å²) in [5.41, 5.74) is 0.943. The Bertz CT molecular complexity index is 653. The lowest BCUT2D eigenvalue weighted by atomic mass is 10.2. The maximum atomic E-state index is 13.0. The van der Waals surface area contributed by atoms with Crippen molar-refractivity contribution >= 4 is 17.2 Å². The average Bonchev–Trinajstić information content (AvgIpc) is 3.17. The third-order valence-corrected chi connectivity index (χ3v) is 5.15. The third-order valence-electron chi connectivity index (χ3n) is 4.02. The molecular formula is C17H19FN2OS. The average molecular weight is 318 g/mol. The predicted octanol–water partition coefficient (Wildman–Crippen LogP) is 3.38. The highest BCUT2D eigenvalue weighted by molar-refractivity contribution is 7.17. The minimum Gasteiger partial charge on any atom is -0.334 e. The molecule has 1 N–H and O–H groups in total. The second kappa shape index (κ2) is 6.58. The van der Waals surface area contributed by atoms with Crippen LogP contribution in [0.15, 0.2) is 36.4 Å². The number of halogens is 1. The van der Waals surface area contributed by atoms with Gasteiger partial charge in [-0.3, -0.25) is 4.79 Å². The Labute approximate surface area is 133 Å². The zero-order chi connectivity index (χ0) is 15.5. The molecule has 0 saturated carbocycles. The number of nitrogens with zero attached hydrogens (tertiary/aromatic N) is 1. The van der Waals surface area contributed by atoms with Crippen molar-refractivity contribution in [1.29, 1.82) is 0 Å². The van der Waals surface area contributed by atoms with Crippen LogP contribution in [0.1, 0.15) is 22.5 Å². The van der Waals surface area contributed by atoms with Crippen LogP contribution >= 0.6 is 11.3 Å². The van der Waals surface area contributed by atoms with Crippen LogP contribution in [0.25, 0.3) is 10.4 Å². The van der Waals surface area contributed by atoms with Crippen molar-refractivity contribution in [2.45, 2.75) is 18.9 Å². The van der Waals surface area contributed by atoms with Gasteiger partial charge in [0, 0.05) is 24.0 Å². The van der Waals surface area contributed by atoms with Crippen LogP contribution in [0.2, 0.25) is 0 Å². The molecular weight excluding hydrogens is 299 g/mol. The van der Waals surface area contributed by atoms with E-state index in [9.17, 15) is 9.18 Å². The Balaban J connectivity index is 1.78. The van der Waals surface area contributed by atoms with Crippen molar-refractivity contribution in [3.63, 3.8) is 0 Å². The molecule has 5 heteroatoms. The van der Waals surface area contributed by atoms with Crippen LogP contribution < -0.4 is 5.32 Å². The van der Waals surface area contributed by atoms with E-state index in [1.54, 1.807) is 12.1 Å². The van der Waals surface area contributed by atoms with Crippen molar-refractivity contribution < 1.29 is 9.18 Å². The Morgan fingerprint density at radius 3 is 2.82 bits per heavy atom. The second-order valence-electron chi connectivity index (χ2n) is 5.52. The van der Waals surface area contributed by atoms with Gasteiger partial charge in [-0.25, -0.2) is 4.39 Å². The molecule has 2 heterocycles. The summed E-state index contributed by atoms with van der Waals surface area (Å²) in [5.74, 6) is -0.139. The summed E-state index contributed by atoms with van der Waals surface area (Å²) < 4.78 is 13.0. The number of rotatable bonds is 4. The van der Waals surface area contributed by atoms with E-state index in [0.29, 0.717) is 0 Å². The lowest BCUT2D eigenvalue weighted by Crippen LogP contribution is -2.40. The number of amides is 1. The highest BCUT2D eigenvalue weighted by atomic mass is 32.1. The molecule has 1 unspecified atom stereocenters. The lowest BCUT2D eigenvalue weighted by molar-refractivity contribution is 0.0742. The van der Waals surface area contributed by atoms with Crippen LogP contribution in [0.4, 0.5) is 4.39 Å². The first kappa shape index (κ1) is 15.2. The number of benzene rings is 1. The van der Waals surface area contributed by atoms with E-state index in [4.69, 9.17) is 0 Å². The molecule has 1 atom stereocenters. The minimum atomic E-state index is -0.247. The van der Waals surface area contributed by atoms with E-state index in [-0.39, 0.29) is 17.8 Å². The standard InChI is InChI=1S/C17H19FN2OS/c1-19-11-14-3-2-10-20(14)17(21)16-9-8-15(22-16)12-4-6-13(18)7-5-12/h4-9,14,19H,2-3,10-11H2,1H3. The lowest BCUT2D eigenvalue weighted by Gasteiger charge is -2.23. The quantitative estimate of drug-likeness (QED) is 0.937. The largest absolute Gasteiger partial charge is 0.334 e. The number of likely N-dealkylation sites (N-methyl/N-ethyl adjacent to an activating group) is 1. The molecule has 22 heavy (non-hydrogen) atoms. The Kier molecular flexibility index (Phi) is 4.55. The van der Waals surface area contributed by atoms with E-state index in [0.717, 1.165) is 41.2 Å². The van der Waals surface area contributed by atoms with Crippen LogP contribution in [-0.4, -0.2) is 37.0 Å². The van der Waals surface area contributed by atoms with E-state index in [1.165, 1.54) is 23.5 Å². The Hall–Kier alpha value is -1.72. The molecule has 1 fully saturated rings. The van der Waals surface area contributed by atoms with Crippen LogP contribution in [-0.2, 0) is 0 Å². The molecule has 0 spiro atoms. The van der Waals surface area contributed by atoms with Crippen molar-refractivity contribution in [1.82, 2.24) is 10.2 Å². The highest BCUT2D eigenvalue weighted by Crippen LogP contribution is 2.30. The molecule has 1 amide bonds. The number of carbonyl (C=O) groups excluding carboxylic acids is 1. The van der Waals surface area contributed by atoms with Gasteiger partial charge in [0.1, 0.15) is 5.82 Å². The SMILES string of the molecule is CNCC1CCCN1C(=O)c1ccc(-c2ccc(F)cc2)s1. The van der Waals surface area contributed by atoms with Gasteiger partial charge in [-0.2, -0.15) is 0 Å². The van der Waals surface area contributed by atoms with Gasteiger partial charge in [0.05, 0.1) is 4.88 Å². The molecule has 3 rings (SSSR count). The van der Waals surface area contributed by atoms with Crippen molar-refractivity contribution in [3.8, 4) is 10.4 Å². The van der Waals surface area contributed by atoms with Gasteiger partial charge in [0.2, 0.25) is 0 Å². The summed E-state index contributed by atoms with van der Waals surface area (Å²) in [6, 6.07) is 10.5. The minimum absolute atomic E-state index is 0.108. The normalized spacial score (nSPS) is 17.9. The molecule has 2 aromatic rings. The summed E-state index contributed by atoms with van der Waals surface area (Å²) in [5, 5.41) is 3.16. The van der Waals surface area contributed by atoms with Crippen LogP contribution in [0.5, 0.6) is 0 Å². The molecule has 3 nitrogen and oxygen atoms in total. The molecule has 1 saturated heterocycles. The van der Waals surface area contributed by atoms with Crippen LogP contribution in [0.3, 0.4) is 0 Å². The van der Waals surface area contributed by atoms with Gasteiger partial charge in [-0.15, -0.1) is 11.3 Å². The Morgan fingerprint density at radius 2 is 2.09 bits per heavy atom. The van der Waals surface area contributed by atoms with Gasteiger partial charge in [0.25, 0.3) is 5.91 Å². The molecule has 1 aliphatic rings. The first-order valence-electron chi connectivity index (χ1n) is 7.50. The fourth-order valence-electron chi connectivity index (χ4n) is 2.91. The second-order valence-corrected chi connectivity index (χ2v) is 6.61. The molecule has 0 bridgehead atoms. The fourth-order valence-corrected chi connectivity index (χ4v) is 3.88. The van der Waals surface area contributed by atoms with E-state index in [1.807, 2.05) is 24.1 Å². The van der Waals surface area contributed by atoms with E-state index >= 15 is 0 Å². The van der Waals surface area contributed by atoms with Crippen molar-refractivity contribution in [2.24, 2.45) is 0 Å². The monoisotopic (exact) mass is 318 g/mol. The van der Waals surface area contributed by atoms with Crippen molar-refractivity contribution in [2.75, 3.05) is 20.1 Å². The number of nitrogens with one attached hydrogen (secondary N) is 1. The molecule has 1 aliphatic heterocycles. The maximum absolute atomic E-state index is 13.0. The van der Waals surface area contributed by atoms with E-state index < -0.39 is 0 Å². The number of hydrogen-bond donors (Lipinski definition) is 1. The zero-order valence-corrected chi connectivity index (χ0v) is 13.3. The molecule has 0 aliphatic carbocycles. The van der Waals surface area contributed by atoms with Gasteiger partial charge in [-0.05, 0) is 49.7 Å². The Morgan fingerprint density at radius 1 is 1.32 bits per heavy atom. The number of thiophene rings is 1. The van der Waals surface area contributed by atoms with Gasteiger partial charge in [0.15, 0.2) is 0 Å². The van der Waals surface area contributed by atoms with Gasteiger partial charge >= 0.3 is 0 Å². The number of carbonyl (C=O) groups is 1. The maximum Gasteiger partial charge on any atom is 0.264 e. The number of likely N-dealkylation sites (tertiary alicyclic amines) is 1.